The van der Waals surface area contributed by atoms with Crippen molar-refractivity contribution in [2.45, 2.75) is 32.8 Å². The minimum atomic E-state index is -0.454. The van der Waals surface area contributed by atoms with Crippen molar-refractivity contribution in [1.29, 1.82) is 0 Å². The first-order chi connectivity index (χ1) is 11.9. The second-order valence-electron chi connectivity index (χ2n) is 7.40. The minimum absolute atomic E-state index is 0.0147. The first kappa shape index (κ1) is 16.1. The second kappa shape index (κ2) is 5.86. The van der Waals surface area contributed by atoms with Gasteiger partial charge in [0.1, 0.15) is 6.10 Å². The fourth-order valence-electron chi connectivity index (χ4n) is 4.61. The molecule has 1 saturated heterocycles. The van der Waals surface area contributed by atoms with Gasteiger partial charge in [-0.1, -0.05) is 12.1 Å². The quantitative estimate of drug-likeness (QED) is 0.846. The third kappa shape index (κ3) is 2.69. The van der Waals surface area contributed by atoms with Gasteiger partial charge in [-0.25, -0.2) is 0 Å². The third-order valence-corrected chi connectivity index (χ3v) is 5.77. The highest BCUT2D eigenvalue weighted by Crippen LogP contribution is 2.57. The molecule has 3 fully saturated rings. The van der Waals surface area contributed by atoms with Crippen LogP contribution in [0, 0.1) is 37.5 Å². The summed E-state index contributed by atoms with van der Waals surface area (Å²) in [5, 5.41) is 2.77. The Morgan fingerprint density at radius 2 is 2.08 bits per heavy atom. The molecule has 1 heterocycles. The van der Waals surface area contributed by atoms with Crippen LogP contribution in [0.2, 0.25) is 0 Å². The Morgan fingerprint density at radius 1 is 1.28 bits per heavy atom. The summed E-state index contributed by atoms with van der Waals surface area (Å²) >= 11 is 0. The maximum Gasteiger partial charge on any atom is 0.310 e. The number of esters is 2. The van der Waals surface area contributed by atoms with Crippen LogP contribution in [0.1, 0.15) is 24.0 Å². The molecule has 5 atom stereocenters. The summed E-state index contributed by atoms with van der Waals surface area (Å²) in [6.07, 6.45) is 1.57. The molecular formula is C19H21NO5. The Balaban J connectivity index is 1.35. The first-order valence-corrected chi connectivity index (χ1v) is 8.68. The summed E-state index contributed by atoms with van der Waals surface area (Å²) in [6.45, 7) is 3.50. The minimum Gasteiger partial charge on any atom is -0.462 e. The zero-order valence-electron chi connectivity index (χ0n) is 14.3. The van der Waals surface area contributed by atoms with Gasteiger partial charge in [0.05, 0.1) is 11.8 Å². The molecule has 0 aromatic heterocycles. The van der Waals surface area contributed by atoms with E-state index in [1.807, 2.05) is 32.0 Å². The lowest BCUT2D eigenvalue weighted by Gasteiger charge is -2.22. The summed E-state index contributed by atoms with van der Waals surface area (Å²) in [7, 11) is 0. The fraction of sp³-hybridized carbons (Fsp3) is 0.526. The van der Waals surface area contributed by atoms with E-state index in [1.54, 1.807) is 0 Å². The molecule has 0 radical (unpaired) electrons. The molecule has 1 amide bonds. The molecule has 132 valence electrons. The number of amides is 1. The van der Waals surface area contributed by atoms with Crippen molar-refractivity contribution in [3.63, 3.8) is 0 Å². The smallest absolute Gasteiger partial charge is 0.310 e. The van der Waals surface area contributed by atoms with E-state index in [0.29, 0.717) is 5.69 Å². The van der Waals surface area contributed by atoms with Crippen molar-refractivity contribution in [3.8, 4) is 0 Å². The number of ether oxygens (including phenoxy) is 2. The van der Waals surface area contributed by atoms with Gasteiger partial charge >= 0.3 is 11.9 Å². The monoisotopic (exact) mass is 343 g/mol. The molecular weight excluding hydrogens is 322 g/mol. The van der Waals surface area contributed by atoms with Crippen LogP contribution >= 0.6 is 0 Å². The van der Waals surface area contributed by atoms with Gasteiger partial charge in [0, 0.05) is 11.6 Å². The van der Waals surface area contributed by atoms with Crippen LogP contribution in [-0.4, -0.2) is 30.6 Å². The van der Waals surface area contributed by atoms with Gasteiger partial charge in [-0.2, -0.15) is 0 Å². The lowest BCUT2D eigenvalue weighted by atomic mass is 9.80. The molecule has 1 aromatic carbocycles. The second-order valence-corrected chi connectivity index (χ2v) is 7.40. The Labute approximate surface area is 145 Å². The van der Waals surface area contributed by atoms with Crippen LogP contribution in [0.5, 0.6) is 0 Å². The Kier molecular flexibility index (Phi) is 3.78. The number of nitrogens with one attached hydrogen (secondary N) is 1. The summed E-state index contributed by atoms with van der Waals surface area (Å²) in [5.74, 6) is -1.65. The van der Waals surface area contributed by atoms with Crippen LogP contribution < -0.4 is 5.32 Å². The molecule has 2 bridgehead atoms. The molecule has 1 aromatic rings. The molecule has 25 heavy (non-hydrogen) atoms. The van der Waals surface area contributed by atoms with Gasteiger partial charge in [0.2, 0.25) is 0 Å². The average molecular weight is 343 g/mol. The normalized spacial score (nSPS) is 31.8. The number of carbonyl (C=O) groups is 3. The molecule has 6 heteroatoms. The molecule has 2 aliphatic carbocycles. The topological polar surface area (TPSA) is 81.7 Å². The number of benzene rings is 1. The van der Waals surface area contributed by atoms with Crippen LogP contribution in [0.4, 0.5) is 5.69 Å². The zero-order chi connectivity index (χ0) is 17.7. The molecule has 0 unspecified atom stereocenters. The number of carbonyl (C=O) groups excluding carboxylic acids is 3. The Bertz CT molecular complexity index is 756. The van der Waals surface area contributed by atoms with Crippen LogP contribution in [0.25, 0.3) is 0 Å². The van der Waals surface area contributed by atoms with Gasteiger partial charge in [-0.15, -0.1) is 0 Å². The number of hydrogen-bond donors (Lipinski definition) is 1. The predicted octanol–water partition coefficient (Wildman–Crippen LogP) is 1.98. The molecule has 1 aliphatic heterocycles. The number of fused-ring (bicyclic) bond motifs is 1. The average Bonchev–Trinajstić information content (AvgIpc) is 3.18. The first-order valence-electron chi connectivity index (χ1n) is 8.68. The highest BCUT2D eigenvalue weighted by atomic mass is 16.6. The molecule has 4 rings (SSSR count). The highest BCUT2D eigenvalue weighted by molar-refractivity contribution is 5.94. The highest BCUT2D eigenvalue weighted by Gasteiger charge is 2.64. The van der Waals surface area contributed by atoms with Crippen molar-refractivity contribution in [2.75, 3.05) is 11.9 Å². The zero-order valence-corrected chi connectivity index (χ0v) is 14.3. The number of anilines is 1. The molecule has 3 aliphatic rings. The summed E-state index contributed by atoms with van der Waals surface area (Å²) in [6, 6.07) is 5.77. The van der Waals surface area contributed by atoms with E-state index in [1.165, 1.54) is 0 Å². The lowest BCUT2D eigenvalue weighted by molar-refractivity contribution is -0.157. The van der Waals surface area contributed by atoms with Crippen LogP contribution in [-0.2, 0) is 23.9 Å². The van der Waals surface area contributed by atoms with E-state index in [2.05, 4.69) is 5.32 Å². The van der Waals surface area contributed by atoms with Gasteiger partial charge in [0.25, 0.3) is 5.91 Å². The van der Waals surface area contributed by atoms with Crippen molar-refractivity contribution < 1.29 is 23.9 Å². The van der Waals surface area contributed by atoms with Crippen LogP contribution in [0.3, 0.4) is 0 Å². The van der Waals surface area contributed by atoms with Gasteiger partial charge in [-0.05, 0) is 49.8 Å². The number of aryl methyl sites for hydroxylation is 2. The summed E-state index contributed by atoms with van der Waals surface area (Å²) < 4.78 is 10.5. The van der Waals surface area contributed by atoms with Crippen molar-refractivity contribution in [1.82, 2.24) is 0 Å². The Morgan fingerprint density at radius 3 is 2.88 bits per heavy atom. The van der Waals surface area contributed by atoms with Gasteiger partial charge in [0.15, 0.2) is 6.61 Å². The van der Waals surface area contributed by atoms with E-state index in [-0.39, 0.29) is 42.3 Å². The van der Waals surface area contributed by atoms with Crippen molar-refractivity contribution in [3.05, 3.63) is 29.3 Å². The molecule has 6 nitrogen and oxygen atoms in total. The van der Waals surface area contributed by atoms with Gasteiger partial charge in [-0.3, -0.25) is 14.4 Å². The van der Waals surface area contributed by atoms with E-state index >= 15 is 0 Å². The van der Waals surface area contributed by atoms with E-state index in [4.69, 9.17) is 9.47 Å². The standard InChI is InChI=1S/C19H21NO5/c1-9-3-4-10(2)13(5-9)20-15(21)8-24-18(22)16-11-6-12-14(7-11)25-19(23)17(12)16/h3-5,11-12,14,16-17H,6-8H2,1-2H3,(H,20,21)/t11-,12+,14+,16-,17-/m1/s1. The summed E-state index contributed by atoms with van der Waals surface area (Å²) in [4.78, 5) is 36.5. The van der Waals surface area contributed by atoms with Crippen molar-refractivity contribution >= 4 is 23.5 Å². The van der Waals surface area contributed by atoms with Crippen LogP contribution in [0.15, 0.2) is 18.2 Å². The Hall–Kier alpha value is -2.37. The van der Waals surface area contributed by atoms with E-state index in [9.17, 15) is 14.4 Å². The molecule has 0 spiro atoms. The van der Waals surface area contributed by atoms with Gasteiger partial charge < -0.3 is 14.8 Å². The maximum absolute atomic E-state index is 12.4. The molecule has 2 saturated carbocycles. The predicted molar refractivity (Wildman–Crippen MR) is 88.6 cm³/mol. The third-order valence-electron chi connectivity index (χ3n) is 5.77. The number of rotatable bonds is 4. The SMILES string of the molecule is Cc1ccc(C)c(NC(=O)COC(=O)[C@@H]2[C@@H]3C[C@@H]4[C@H]2C(=O)O[C@H]4C3)c1. The largest absolute Gasteiger partial charge is 0.462 e. The number of hydrogen-bond acceptors (Lipinski definition) is 5. The maximum atomic E-state index is 12.4. The fourth-order valence-corrected chi connectivity index (χ4v) is 4.61. The van der Waals surface area contributed by atoms with E-state index < -0.39 is 11.9 Å². The lowest BCUT2D eigenvalue weighted by Crippen LogP contribution is -2.35. The summed E-state index contributed by atoms with van der Waals surface area (Å²) in [5.41, 5.74) is 2.69. The van der Waals surface area contributed by atoms with Crippen molar-refractivity contribution in [2.24, 2.45) is 23.7 Å². The van der Waals surface area contributed by atoms with E-state index in [0.717, 1.165) is 24.0 Å². The molecule has 1 N–H and O–H groups in total.